The second-order valence-corrected chi connectivity index (χ2v) is 7.31. The molecular formula is C16H20BrNO4S. The zero-order valence-electron chi connectivity index (χ0n) is 13.6. The molecular weight excluding hydrogens is 382 g/mol. The number of aryl methyl sites for hydroxylation is 1. The van der Waals surface area contributed by atoms with E-state index in [1.54, 1.807) is 13.8 Å². The first kappa shape index (κ1) is 19.7. The standard InChI is InChI=1S/C16H20BrNO4S/c1-9(2)16(22)23-8-13(19)18(7-14(20)21)15-10(3)5-6-12(17)11(15)4/h5-6,9H,7-8H2,1-4H3,(H,20,21). The van der Waals surface area contributed by atoms with E-state index in [1.807, 2.05) is 26.0 Å². The lowest BCUT2D eigenvalue weighted by molar-refractivity contribution is -0.136. The Bertz CT molecular complexity index is 631. The van der Waals surface area contributed by atoms with Crippen LogP contribution >= 0.6 is 27.7 Å². The van der Waals surface area contributed by atoms with Gasteiger partial charge in [-0.15, -0.1) is 0 Å². The van der Waals surface area contributed by atoms with Crippen LogP contribution in [0.5, 0.6) is 0 Å². The number of anilines is 1. The van der Waals surface area contributed by atoms with Crippen LogP contribution in [-0.4, -0.2) is 34.4 Å². The van der Waals surface area contributed by atoms with Crippen LogP contribution < -0.4 is 4.90 Å². The molecule has 1 aromatic carbocycles. The zero-order valence-corrected chi connectivity index (χ0v) is 16.0. The summed E-state index contributed by atoms with van der Waals surface area (Å²) in [7, 11) is 0. The maximum Gasteiger partial charge on any atom is 0.323 e. The lowest BCUT2D eigenvalue weighted by Gasteiger charge is -2.25. The molecule has 0 aliphatic rings. The third-order valence-corrected chi connectivity index (χ3v) is 5.25. The number of aliphatic carboxylic acids is 1. The fraction of sp³-hybridized carbons (Fsp3) is 0.438. The number of carbonyl (C=O) groups is 3. The molecule has 1 N–H and O–H groups in total. The van der Waals surface area contributed by atoms with Gasteiger partial charge in [0.15, 0.2) is 5.12 Å². The van der Waals surface area contributed by atoms with Crippen LogP contribution in [0.1, 0.15) is 25.0 Å². The summed E-state index contributed by atoms with van der Waals surface area (Å²) in [6.45, 7) is 6.73. The molecule has 1 aromatic rings. The van der Waals surface area contributed by atoms with Gasteiger partial charge in [-0.05, 0) is 31.0 Å². The van der Waals surface area contributed by atoms with Crippen LogP contribution in [0, 0.1) is 19.8 Å². The molecule has 0 unspecified atom stereocenters. The second kappa shape index (κ2) is 8.49. The van der Waals surface area contributed by atoms with Crippen LogP contribution in [-0.2, 0) is 14.4 Å². The van der Waals surface area contributed by atoms with Gasteiger partial charge in [-0.1, -0.05) is 47.6 Å². The maximum absolute atomic E-state index is 12.5. The molecule has 0 radical (unpaired) electrons. The predicted octanol–water partition coefficient (Wildman–Crippen LogP) is 3.40. The first-order valence-corrected chi connectivity index (χ1v) is 8.87. The molecule has 7 heteroatoms. The van der Waals surface area contributed by atoms with Crippen molar-refractivity contribution in [1.29, 1.82) is 0 Å². The van der Waals surface area contributed by atoms with Crippen molar-refractivity contribution in [2.45, 2.75) is 27.7 Å². The predicted molar refractivity (Wildman–Crippen MR) is 95.9 cm³/mol. The van der Waals surface area contributed by atoms with Gasteiger partial charge >= 0.3 is 5.97 Å². The number of benzene rings is 1. The number of rotatable bonds is 6. The number of carbonyl (C=O) groups excluding carboxylic acids is 2. The molecule has 0 bridgehead atoms. The summed E-state index contributed by atoms with van der Waals surface area (Å²) in [5.41, 5.74) is 2.17. The van der Waals surface area contributed by atoms with Crippen molar-refractivity contribution >= 4 is 50.4 Å². The highest BCUT2D eigenvalue weighted by molar-refractivity contribution is 9.10. The smallest absolute Gasteiger partial charge is 0.323 e. The monoisotopic (exact) mass is 401 g/mol. The van der Waals surface area contributed by atoms with Crippen molar-refractivity contribution in [3.8, 4) is 0 Å². The first-order valence-electron chi connectivity index (χ1n) is 7.09. The summed E-state index contributed by atoms with van der Waals surface area (Å²) in [5.74, 6) is -1.74. The third kappa shape index (κ3) is 5.35. The van der Waals surface area contributed by atoms with E-state index >= 15 is 0 Å². The van der Waals surface area contributed by atoms with E-state index in [-0.39, 0.29) is 16.8 Å². The summed E-state index contributed by atoms with van der Waals surface area (Å²) in [6.07, 6.45) is 0. The molecule has 0 fully saturated rings. The van der Waals surface area contributed by atoms with Gasteiger partial charge in [0, 0.05) is 10.4 Å². The van der Waals surface area contributed by atoms with Gasteiger partial charge in [0.2, 0.25) is 5.91 Å². The average molecular weight is 402 g/mol. The minimum atomic E-state index is -1.10. The maximum atomic E-state index is 12.5. The van der Waals surface area contributed by atoms with Crippen molar-refractivity contribution in [2.24, 2.45) is 5.92 Å². The van der Waals surface area contributed by atoms with Gasteiger partial charge in [-0.25, -0.2) is 0 Å². The number of halogens is 1. The van der Waals surface area contributed by atoms with Crippen molar-refractivity contribution in [3.05, 3.63) is 27.7 Å². The molecule has 0 aliphatic heterocycles. The summed E-state index contributed by atoms with van der Waals surface area (Å²) in [6, 6.07) is 3.68. The molecule has 0 atom stereocenters. The van der Waals surface area contributed by atoms with Crippen molar-refractivity contribution in [1.82, 2.24) is 0 Å². The largest absolute Gasteiger partial charge is 0.480 e. The first-order chi connectivity index (χ1) is 10.6. The number of carboxylic acid groups (broad SMARTS) is 1. The SMILES string of the molecule is Cc1ccc(Br)c(C)c1N(CC(=O)O)C(=O)CSC(=O)C(C)C. The van der Waals surface area contributed by atoms with Crippen LogP contribution in [0.4, 0.5) is 5.69 Å². The lowest BCUT2D eigenvalue weighted by atomic mass is 10.1. The molecule has 5 nitrogen and oxygen atoms in total. The van der Waals surface area contributed by atoms with Crippen molar-refractivity contribution in [2.75, 3.05) is 17.2 Å². The molecule has 0 spiro atoms. The topological polar surface area (TPSA) is 74.7 Å². The van der Waals surface area contributed by atoms with E-state index in [0.717, 1.165) is 27.4 Å². The highest BCUT2D eigenvalue weighted by Crippen LogP contribution is 2.31. The van der Waals surface area contributed by atoms with Gasteiger partial charge < -0.3 is 5.11 Å². The quantitative estimate of drug-likeness (QED) is 0.790. The van der Waals surface area contributed by atoms with Gasteiger partial charge in [0.05, 0.1) is 11.4 Å². The minimum Gasteiger partial charge on any atom is -0.480 e. The van der Waals surface area contributed by atoms with Crippen LogP contribution in [0.25, 0.3) is 0 Å². The number of carboxylic acids is 1. The summed E-state index contributed by atoms with van der Waals surface area (Å²) < 4.78 is 0.798. The summed E-state index contributed by atoms with van der Waals surface area (Å²) in [4.78, 5) is 36.6. The molecule has 23 heavy (non-hydrogen) atoms. The highest BCUT2D eigenvalue weighted by Gasteiger charge is 2.24. The highest BCUT2D eigenvalue weighted by atomic mass is 79.9. The Morgan fingerprint density at radius 2 is 1.87 bits per heavy atom. The third-order valence-electron chi connectivity index (χ3n) is 3.24. The molecule has 0 saturated carbocycles. The number of nitrogens with zero attached hydrogens (tertiary/aromatic N) is 1. The Labute approximate surface area is 148 Å². The number of hydrogen-bond acceptors (Lipinski definition) is 4. The molecule has 0 saturated heterocycles. The number of amides is 1. The minimum absolute atomic E-state index is 0.0737. The van der Waals surface area contributed by atoms with Gasteiger partial charge in [-0.2, -0.15) is 0 Å². The number of hydrogen-bond donors (Lipinski definition) is 1. The lowest BCUT2D eigenvalue weighted by Crippen LogP contribution is -2.38. The Morgan fingerprint density at radius 3 is 2.39 bits per heavy atom. The molecule has 0 aromatic heterocycles. The Hall–Kier alpha value is -1.34. The van der Waals surface area contributed by atoms with E-state index in [1.165, 1.54) is 4.90 Å². The molecule has 126 valence electrons. The van der Waals surface area contributed by atoms with Crippen LogP contribution in [0.3, 0.4) is 0 Å². The van der Waals surface area contributed by atoms with Crippen LogP contribution in [0.15, 0.2) is 16.6 Å². The fourth-order valence-electron chi connectivity index (χ4n) is 2.03. The zero-order chi connectivity index (χ0) is 17.7. The molecule has 1 rings (SSSR count). The van der Waals surface area contributed by atoms with Gasteiger partial charge in [0.25, 0.3) is 0 Å². The second-order valence-electron chi connectivity index (χ2n) is 5.47. The van der Waals surface area contributed by atoms with E-state index < -0.39 is 18.4 Å². The fourth-order valence-corrected chi connectivity index (χ4v) is 3.11. The normalized spacial score (nSPS) is 10.7. The van der Waals surface area contributed by atoms with E-state index in [9.17, 15) is 14.4 Å². The van der Waals surface area contributed by atoms with Crippen LogP contribution in [0.2, 0.25) is 0 Å². The summed E-state index contributed by atoms with van der Waals surface area (Å²) in [5, 5.41) is 9.04. The molecule has 0 aliphatic carbocycles. The van der Waals surface area contributed by atoms with Crippen molar-refractivity contribution < 1.29 is 19.5 Å². The Kier molecular flexibility index (Phi) is 7.28. The molecule has 0 heterocycles. The van der Waals surface area contributed by atoms with E-state index in [2.05, 4.69) is 15.9 Å². The van der Waals surface area contributed by atoms with Gasteiger partial charge in [-0.3, -0.25) is 19.3 Å². The average Bonchev–Trinajstić information content (AvgIpc) is 2.47. The number of thioether (sulfide) groups is 1. The Balaban J connectivity index is 3.11. The van der Waals surface area contributed by atoms with E-state index in [0.29, 0.717) is 5.69 Å². The molecule has 1 amide bonds. The van der Waals surface area contributed by atoms with E-state index in [4.69, 9.17) is 5.11 Å². The van der Waals surface area contributed by atoms with Gasteiger partial charge in [0.1, 0.15) is 6.54 Å². The van der Waals surface area contributed by atoms with Crippen molar-refractivity contribution in [3.63, 3.8) is 0 Å². The summed E-state index contributed by atoms with van der Waals surface area (Å²) >= 11 is 4.32. The Morgan fingerprint density at radius 1 is 1.26 bits per heavy atom.